The molecule has 0 radical (unpaired) electrons. The number of halogens is 3. The molecule has 0 bridgehead atoms. The summed E-state index contributed by atoms with van der Waals surface area (Å²) in [5, 5.41) is 4.17. The molecule has 6 heteroatoms. The van der Waals surface area contributed by atoms with E-state index in [4.69, 9.17) is 28.9 Å². The zero-order chi connectivity index (χ0) is 18.8. The van der Waals surface area contributed by atoms with Crippen LogP contribution >= 0.6 is 39.1 Å². The molecule has 3 aromatic rings. The molecule has 0 aliphatic carbocycles. The largest absolute Gasteiger partial charge is 0.397 e. The molecule has 3 rings (SSSR count). The topological polar surface area (TPSA) is 55.1 Å². The van der Waals surface area contributed by atoms with Crippen LogP contribution in [0.5, 0.6) is 0 Å². The molecular formula is C20H15BrCl2N2O. The minimum Gasteiger partial charge on any atom is -0.397 e. The Hall–Kier alpha value is -2.01. The molecule has 0 heterocycles. The van der Waals surface area contributed by atoms with Crippen LogP contribution in [0.3, 0.4) is 0 Å². The lowest BCUT2D eigenvalue weighted by Gasteiger charge is -2.12. The van der Waals surface area contributed by atoms with Gasteiger partial charge in [-0.15, -0.1) is 0 Å². The Labute approximate surface area is 170 Å². The molecule has 0 saturated carbocycles. The average molecular weight is 450 g/mol. The number of ketones is 1. The number of benzene rings is 3. The number of carbonyl (C=O) groups excluding carboxylic acids is 1. The smallest absolute Gasteiger partial charge is 0.194 e. The number of anilines is 3. The van der Waals surface area contributed by atoms with Crippen molar-refractivity contribution >= 4 is 62.0 Å². The number of aryl methyl sites for hydroxylation is 1. The summed E-state index contributed by atoms with van der Waals surface area (Å²) in [6.45, 7) is 1.85. The van der Waals surface area contributed by atoms with Gasteiger partial charge in [0.15, 0.2) is 5.78 Å². The minimum atomic E-state index is -0.140. The van der Waals surface area contributed by atoms with Crippen molar-refractivity contribution in [2.75, 3.05) is 11.1 Å². The van der Waals surface area contributed by atoms with Crippen LogP contribution < -0.4 is 11.1 Å². The van der Waals surface area contributed by atoms with Gasteiger partial charge in [-0.05, 0) is 67.1 Å². The van der Waals surface area contributed by atoms with Crippen molar-refractivity contribution in [2.24, 2.45) is 0 Å². The molecule has 3 N–H and O–H groups in total. The standard InChI is InChI=1S/C20H15BrCl2N2O/c1-11-8-13(22)3-5-15(11)20(26)16-6-4-14(10-17(16)23)25-19-7-2-12(21)9-18(19)24/h2-10,25H,24H2,1H3. The molecule has 0 fully saturated rings. The van der Waals surface area contributed by atoms with Gasteiger partial charge in [0, 0.05) is 26.3 Å². The molecule has 26 heavy (non-hydrogen) atoms. The fourth-order valence-electron chi connectivity index (χ4n) is 2.61. The number of rotatable bonds is 4. The Morgan fingerprint density at radius 1 is 1.00 bits per heavy atom. The zero-order valence-electron chi connectivity index (χ0n) is 13.8. The third-order valence-electron chi connectivity index (χ3n) is 3.94. The first kappa shape index (κ1) is 18.8. The molecular weight excluding hydrogens is 435 g/mol. The molecule has 3 nitrogen and oxygen atoms in total. The summed E-state index contributed by atoms with van der Waals surface area (Å²) >= 11 is 15.7. The van der Waals surface area contributed by atoms with E-state index in [1.54, 1.807) is 36.4 Å². The maximum atomic E-state index is 12.8. The summed E-state index contributed by atoms with van der Waals surface area (Å²) < 4.78 is 0.901. The first-order valence-corrected chi connectivity index (χ1v) is 9.32. The Kier molecular flexibility index (Phi) is 5.56. The van der Waals surface area contributed by atoms with Crippen LogP contribution in [0.4, 0.5) is 17.1 Å². The second kappa shape index (κ2) is 7.70. The van der Waals surface area contributed by atoms with Crippen LogP contribution in [0.25, 0.3) is 0 Å². The minimum absolute atomic E-state index is 0.140. The highest BCUT2D eigenvalue weighted by Crippen LogP contribution is 2.30. The van der Waals surface area contributed by atoms with E-state index in [-0.39, 0.29) is 5.78 Å². The van der Waals surface area contributed by atoms with Gasteiger partial charge in [0.1, 0.15) is 0 Å². The monoisotopic (exact) mass is 448 g/mol. The van der Waals surface area contributed by atoms with Crippen molar-refractivity contribution in [1.29, 1.82) is 0 Å². The number of nitrogen functional groups attached to an aromatic ring is 1. The Morgan fingerprint density at radius 3 is 2.38 bits per heavy atom. The van der Waals surface area contributed by atoms with Crippen molar-refractivity contribution in [2.45, 2.75) is 6.92 Å². The van der Waals surface area contributed by atoms with E-state index >= 15 is 0 Å². The lowest BCUT2D eigenvalue weighted by Crippen LogP contribution is -2.05. The fraction of sp³-hybridized carbons (Fsp3) is 0.0500. The van der Waals surface area contributed by atoms with Crippen LogP contribution in [0.2, 0.25) is 10.0 Å². The Bertz CT molecular complexity index is 1010. The Morgan fingerprint density at radius 2 is 1.73 bits per heavy atom. The van der Waals surface area contributed by atoms with Crippen molar-refractivity contribution in [3.05, 3.63) is 85.8 Å². The van der Waals surface area contributed by atoms with E-state index in [2.05, 4.69) is 21.2 Å². The van der Waals surface area contributed by atoms with Crippen molar-refractivity contribution in [3.63, 3.8) is 0 Å². The van der Waals surface area contributed by atoms with Crippen molar-refractivity contribution in [1.82, 2.24) is 0 Å². The summed E-state index contributed by atoms with van der Waals surface area (Å²) in [6, 6.07) is 15.9. The summed E-state index contributed by atoms with van der Waals surface area (Å²) in [7, 11) is 0. The normalized spacial score (nSPS) is 10.6. The predicted octanol–water partition coefficient (Wildman–Crippen LogP) is 6.62. The van der Waals surface area contributed by atoms with Crippen molar-refractivity contribution in [3.8, 4) is 0 Å². The maximum Gasteiger partial charge on any atom is 0.194 e. The van der Waals surface area contributed by atoms with E-state index in [0.717, 1.165) is 21.4 Å². The molecule has 0 spiro atoms. The molecule has 0 aliphatic rings. The lowest BCUT2D eigenvalue weighted by atomic mass is 9.99. The first-order valence-electron chi connectivity index (χ1n) is 7.77. The van der Waals surface area contributed by atoms with Gasteiger partial charge in [0.05, 0.1) is 16.4 Å². The lowest BCUT2D eigenvalue weighted by molar-refractivity contribution is 0.103. The number of nitrogens with one attached hydrogen (secondary N) is 1. The third-order valence-corrected chi connectivity index (χ3v) is 4.98. The molecule has 0 atom stereocenters. The maximum absolute atomic E-state index is 12.8. The molecule has 0 unspecified atom stereocenters. The molecule has 0 aromatic heterocycles. The predicted molar refractivity (Wildman–Crippen MR) is 113 cm³/mol. The first-order chi connectivity index (χ1) is 12.3. The second-order valence-electron chi connectivity index (χ2n) is 5.84. The Balaban J connectivity index is 1.88. The van der Waals surface area contributed by atoms with Crippen LogP contribution in [0.1, 0.15) is 21.5 Å². The van der Waals surface area contributed by atoms with Gasteiger partial charge >= 0.3 is 0 Å². The number of hydrogen-bond acceptors (Lipinski definition) is 3. The van der Waals surface area contributed by atoms with Gasteiger partial charge in [-0.2, -0.15) is 0 Å². The number of hydrogen-bond donors (Lipinski definition) is 2. The van der Waals surface area contributed by atoms with Gasteiger partial charge < -0.3 is 11.1 Å². The summed E-state index contributed by atoms with van der Waals surface area (Å²) in [6.07, 6.45) is 0. The summed E-state index contributed by atoms with van der Waals surface area (Å²) in [5.41, 5.74) is 9.93. The molecule has 0 amide bonds. The van der Waals surface area contributed by atoms with Crippen molar-refractivity contribution < 1.29 is 4.79 Å². The van der Waals surface area contributed by atoms with Crippen LogP contribution in [-0.2, 0) is 0 Å². The van der Waals surface area contributed by atoms with Gasteiger partial charge in [-0.25, -0.2) is 0 Å². The third kappa shape index (κ3) is 4.04. The van der Waals surface area contributed by atoms with Gasteiger partial charge in [0.2, 0.25) is 0 Å². The van der Waals surface area contributed by atoms with Crippen LogP contribution in [0.15, 0.2) is 59.1 Å². The van der Waals surface area contributed by atoms with Crippen LogP contribution in [-0.4, -0.2) is 5.78 Å². The highest BCUT2D eigenvalue weighted by Gasteiger charge is 2.16. The second-order valence-corrected chi connectivity index (χ2v) is 7.60. The van der Waals surface area contributed by atoms with E-state index in [1.807, 2.05) is 25.1 Å². The number of carbonyl (C=O) groups is 1. The highest BCUT2D eigenvalue weighted by atomic mass is 79.9. The van der Waals surface area contributed by atoms with E-state index < -0.39 is 0 Å². The van der Waals surface area contributed by atoms with E-state index in [9.17, 15) is 4.79 Å². The molecule has 132 valence electrons. The molecule has 3 aromatic carbocycles. The van der Waals surface area contributed by atoms with Gasteiger partial charge in [-0.3, -0.25) is 4.79 Å². The quantitative estimate of drug-likeness (QED) is 0.347. The average Bonchev–Trinajstić information content (AvgIpc) is 2.57. The fourth-order valence-corrected chi connectivity index (χ4v) is 3.48. The summed E-state index contributed by atoms with van der Waals surface area (Å²) in [5.74, 6) is -0.140. The highest BCUT2D eigenvalue weighted by molar-refractivity contribution is 9.10. The zero-order valence-corrected chi connectivity index (χ0v) is 16.9. The molecule has 0 saturated heterocycles. The van der Waals surface area contributed by atoms with Gasteiger partial charge in [0.25, 0.3) is 0 Å². The SMILES string of the molecule is Cc1cc(Cl)ccc1C(=O)c1ccc(Nc2ccc(Br)cc2N)cc1Cl. The van der Waals surface area contributed by atoms with Crippen LogP contribution in [0, 0.1) is 6.92 Å². The van der Waals surface area contributed by atoms with Gasteiger partial charge in [-0.1, -0.05) is 39.1 Å². The number of nitrogens with two attached hydrogens (primary N) is 1. The van der Waals surface area contributed by atoms with E-state index in [1.165, 1.54) is 0 Å². The molecule has 0 aliphatic heterocycles. The summed E-state index contributed by atoms with van der Waals surface area (Å²) in [4.78, 5) is 12.8. The van der Waals surface area contributed by atoms with E-state index in [0.29, 0.717) is 26.9 Å².